The third kappa shape index (κ3) is 4.88. The second-order valence-corrected chi connectivity index (χ2v) is 7.10. The van der Waals surface area contributed by atoms with E-state index in [1.165, 1.54) is 23.9 Å². The molecule has 0 aliphatic heterocycles. The van der Waals surface area contributed by atoms with Gasteiger partial charge in [-0.15, -0.1) is 11.8 Å². The molecule has 4 nitrogen and oxygen atoms in total. The van der Waals surface area contributed by atoms with Gasteiger partial charge in [-0.3, -0.25) is 10.1 Å². The highest BCUT2D eigenvalue weighted by Gasteiger charge is 2.21. The average Bonchev–Trinajstić information content (AvgIpc) is 2.95. The second-order valence-electron chi connectivity index (χ2n) is 5.28. The summed E-state index contributed by atoms with van der Waals surface area (Å²) in [6, 6.07) is 3.97. The number of carbonyl (C=O) groups excluding carboxylic acids is 2. The molecule has 22 heavy (non-hydrogen) atoms. The van der Waals surface area contributed by atoms with Crippen molar-refractivity contribution in [2.45, 2.75) is 48.8 Å². The summed E-state index contributed by atoms with van der Waals surface area (Å²) in [6.07, 6.45) is 4.13. The molecule has 0 spiro atoms. The second kappa shape index (κ2) is 7.83. The van der Waals surface area contributed by atoms with Crippen LogP contribution in [0.2, 0.25) is 5.02 Å². The molecule has 0 saturated heterocycles. The third-order valence-corrected chi connectivity index (χ3v) is 4.88. The van der Waals surface area contributed by atoms with Crippen LogP contribution in [0.3, 0.4) is 0 Å². The van der Waals surface area contributed by atoms with Crippen LogP contribution in [0, 0.1) is 5.82 Å². The number of urea groups is 1. The monoisotopic (exact) mass is 344 g/mol. The predicted octanol–water partition coefficient (Wildman–Crippen LogP) is 3.73. The van der Waals surface area contributed by atoms with Crippen molar-refractivity contribution in [1.82, 2.24) is 10.6 Å². The molecule has 2 N–H and O–H groups in total. The molecule has 120 valence electrons. The Labute approximate surface area is 138 Å². The summed E-state index contributed by atoms with van der Waals surface area (Å²) in [5, 5.41) is 4.65. The molecule has 1 fully saturated rings. The van der Waals surface area contributed by atoms with Crippen molar-refractivity contribution in [3.05, 3.63) is 29.0 Å². The fraction of sp³-hybridized carbons (Fsp3) is 0.467. The van der Waals surface area contributed by atoms with Crippen LogP contribution in [0.5, 0.6) is 0 Å². The summed E-state index contributed by atoms with van der Waals surface area (Å²) < 4.78 is 13.1. The van der Waals surface area contributed by atoms with E-state index >= 15 is 0 Å². The predicted molar refractivity (Wildman–Crippen MR) is 85.7 cm³/mol. The lowest BCUT2D eigenvalue weighted by Gasteiger charge is -2.15. The maximum Gasteiger partial charge on any atom is 0.321 e. The van der Waals surface area contributed by atoms with Crippen molar-refractivity contribution >= 4 is 35.3 Å². The Balaban J connectivity index is 1.83. The number of imide groups is 1. The fourth-order valence-corrected chi connectivity index (χ4v) is 3.46. The number of carbonyl (C=O) groups is 2. The van der Waals surface area contributed by atoms with Gasteiger partial charge in [0.15, 0.2) is 0 Å². The normalized spacial score (nSPS) is 16.3. The van der Waals surface area contributed by atoms with Crippen LogP contribution < -0.4 is 10.6 Å². The maximum absolute atomic E-state index is 13.1. The summed E-state index contributed by atoms with van der Waals surface area (Å²) in [5.74, 6) is -0.889. The van der Waals surface area contributed by atoms with Crippen LogP contribution in [0.4, 0.5) is 9.18 Å². The minimum Gasteiger partial charge on any atom is -0.335 e. The van der Waals surface area contributed by atoms with Crippen LogP contribution in [0.1, 0.15) is 32.6 Å². The van der Waals surface area contributed by atoms with Gasteiger partial charge in [0.1, 0.15) is 5.82 Å². The molecule has 0 heterocycles. The van der Waals surface area contributed by atoms with Gasteiger partial charge in [0.2, 0.25) is 5.91 Å². The van der Waals surface area contributed by atoms with Gasteiger partial charge < -0.3 is 5.32 Å². The molecule has 1 aromatic rings. The van der Waals surface area contributed by atoms with E-state index in [2.05, 4.69) is 10.6 Å². The first-order chi connectivity index (χ1) is 10.5. The molecular formula is C15H18ClFN2O2S. The Hall–Kier alpha value is -1.27. The molecule has 0 aromatic heterocycles. The summed E-state index contributed by atoms with van der Waals surface area (Å²) >= 11 is 6.92. The molecule has 0 bridgehead atoms. The van der Waals surface area contributed by atoms with E-state index < -0.39 is 17.1 Å². The number of thioether (sulfide) groups is 1. The molecule has 2 rings (SSSR count). The quantitative estimate of drug-likeness (QED) is 0.818. The minimum absolute atomic E-state index is 0.0107. The number of rotatable bonds is 4. The lowest BCUT2D eigenvalue weighted by atomic mass is 10.2. The SMILES string of the molecule is C[C@H](Sc1ccc(F)c(Cl)c1)C(=O)NC(=O)NC1CCCC1. The Morgan fingerprint density at radius 1 is 1.36 bits per heavy atom. The molecule has 1 atom stereocenters. The van der Waals surface area contributed by atoms with E-state index in [-0.39, 0.29) is 17.0 Å². The molecule has 1 aliphatic rings. The topological polar surface area (TPSA) is 58.2 Å². The van der Waals surface area contributed by atoms with E-state index in [4.69, 9.17) is 11.6 Å². The number of halogens is 2. The van der Waals surface area contributed by atoms with Crippen molar-refractivity contribution in [2.75, 3.05) is 0 Å². The summed E-state index contributed by atoms with van der Waals surface area (Å²) in [6.45, 7) is 1.68. The first-order valence-electron chi connectivity index (χ1n) is 7.19. The molecule has 0 unspecified atom stereocenters. The minimum atomic E-state index is -0.501. The fourth-order valence-electron chi connectivity index (χ4n) is 2.31. The van der Waals surface area contributed by atoms with Gasteiger partial charge in [0.05, 0.1) is 10.3 Å². The van der Waals surface area contributed by atoms with Crippen molar-refractivity contribution in [3.63, 3.8) is 0 Å². The van der Waals surface area contributed by atoms with Gasteiger partial charge in [0, 0.05) is 10.9 Å². The largest absolute Gasteiger partial charge is 0.335 e. The zero-order valence-corrected chi connectivity index (χ0v) is 13.8. The zero-order valence-electron chi connectivity index (χ0n) is 12.2. The Morgan fingerprint density at radius 2 is 2.05 bits per heavy atom. The summed E-state index contributed by atoms with van der Waals surface area (Å²) in [4.78, 5) is 24.4. The molecular weight excluding hydrogens is 327 g/mol. The summed E-state index contributed by atoms with van der Waals surface area (Å²) in [5.41, 5.74) is 0. The van der Waals surface area contributed by atoms with Crippen LogP contribution in [-0.4, -0.2) is 23.2 Å². The van der Waals surface area contributed by atoms with Gasteiger partial charge >= 0.3 is 6.03 Å². The lowest BCUT2D eigenvalue weighted by molar-refractivity contribution is -0.119. The maximum atomic E-state index is 13.1. The van der Waals surface area contributed by atoms with Crippen LogP contribution in [0.15, 0.2) is 23.1 Å². The number of benzene rings is 1. The van der Waals surface area contributed by atoms with Crippen molar-refractivity contribution in [1.29, 1.82) is 0 Å². The molecule has 1 aliphatic carbocycles. The highest BCUT2D eigenvalue weighted by atomic mass is 35.5. The highest BCUT2D eigenvalue weighted by Crippen LogP contribution is 2.27. The Bertz CT molecular complexity index is 564. The van der Waals surface area contributed by atoms with Gasteiger partial charge in [-0.1, -0.05) is 24.4 Å². The van der Waals surface area contributed by atoms with Crippen LogP contribution in [0.25, 0.3) is 0 Å². The van der Waals surface area contributed by atoms with Crippen molar-refractivity contribution < 1.29 is 14.0 Å². The molecule has 7 heteroatoms. The molecule has 1 aromatic carbocycles. The van der Waals surface area contributed by atoms with E-state index in [9.17, 15) is 14.0 Å². The number of hydrogen-bond acceptors (Lipinski definition) is 3. The van der Waals surface area contributed by atoms with Crippen LogP contribution >= 0.6 is 23.4 Å². The van der Waals surface area contributed by atoms with E-state index in [0.29, 0.717) is 4.90 Å². The summed E-state index contributed by atoms with van der Waals surface area (Å²) in [7, 11) is 0. The van der Waals surface area contributed by atoms with Gasteiger partial charge in [0.25, 0.3) is 0 Å². The number of amides is 3. The lowest BCUT2D eigenvalue weighted by Crippen LogP contribution is -2.45. The first-order valence-corrected chi connectivity index (χ1v) is 8.44. The van der Waals surface area contributed by atoms with E-state index in [1.54, 1.807) is 13.0 Å². The van der Waals surface area contributed by atoms with Crippen molar-refractivity contribution in [2.24, 2.45) is 0 Å². The van der Waals surface area contributed by atoms with Gasteiger partial charge in [-0.25, -0.2) is 9.18 Å². The van der Waals surface area contributed by atoms with Crippen molar-refractivity contribution in [3.8, 4) is 0 Å². The average molecular weight is 345 g/mol. The smallest absolute Gasteiger partial charge is 0.321 e. The Morgan fingerprint density at radius 3 is 2.68 bits per heavy atom. The third-order valence-electron chi connectivity index (χ3n) is 3.50. The molecule has 3 amide bonds. The van der Waals surface area contributed by atoms with Gasteiger partial charge in [-0.2, -0.15) is 0 Å². The van der Waals surface area contributed by atoms with Gasteiger partial charge in [-0.05, 0) is 38.0 Å². The van der Waals surface area contributed by atoms with E-state index in [1.807, 2.05) is 0 Å². The highest BCUT2D eigenvalue weighted by molar-refractivity contribution is 8.00. The molecule has 0 radical (unpaired) electrons. The standard InChI is InChI=1S/C15H18ClFN2O2S/c1-9(22-11-6-7-13(17)12(16)8-11)14(20)19-15(21)18-10-4-2-3-5-10/h6-10H,2-5H2,1H3,(H2,18,19,20,21)/t9-/m0/s1. The number of hydrogen-bond donors (Lipinski definition) is 2. The van der Waals surface area contributed by atoms with E-state index in [0.717, 1.165) is 25.7 Å². The Kier molecular flexibility index (Phi) is 6.08. The number of nitrogens with one attached hydrogen (secondary N) is 2. The zero-order chi connectivity index (χ0) is 16.1. The van der Waals surface area contributed by atoms with Crippen LogP contribution in [-0.2, 0) is 4.79 Å². The molecule has 1 saturated carbocycles. The first kappa shape index (κ1) is 17.1.